The number of hydrogen-bond acceptors (Lipinski definition) is 3. The third-order valence-corrected chi connectivity index (χ3v) is 2.38. The number of nitrogens with zero attached hydrogens (tertiary/aromatic N) is 2. The van der Waals surface area contributed by atoms with Gasteiger partial charge in [0.25, 0.3) is 0 Å². The molecule has 0 saturated carbocycles. The summed E-state index contributed by atoms with van der Waals surface area (Å²) >= 11 is 5.96. The van der Waals surface area contributed by atoms with Crippen molar-refractivity contribution in [2.24, 2.45) is 0 Å². The number of fused-ring (bicyclic) bond motifs is 1. The van der Waals surface area contributed by atoms with Crippen molar-refractivity contribution in [1.29, 1.82) is 0 Å². The predicted molar refractivity (Wildman–Crippen MR) is 61.3 cm³/mol. The lowest BCUT2D eigenvalue weighted by molar-refractivity contribution is -0.134. The first-order valence-corrected chi connectivity index (χ1v) is 4.99. The number of imidazole rings is 1. The molecule has 0 radical (unpaired) electrons. The summed E-state index contributed by atoms with van der Waals surface area (Å²) in [6.45, 7) is 0. The first-order valence-electron chi connectivity index (χ1n) is 4.61. The maximum absolute atomic E-state index is 11.0. The van der Waals surface area contributed by atoms with Crippen LogP contribution in [0.15, 0.2) is 30.5 Å². The van der Waals surface area contributed by atoms with Crippen molar-refractivity contribution in [1.82, 2.24) is 9.38 Å². The molecule has 2 aromatic rings. The van der Waals surface area contributed by atoms with Crippen molar-refractivity contribution in [2.75, 3.05) is 7.11 Å². The van der Waals surface area contributed by atoms with E-state index < -0.39 is 5.97 Å². The van der Waals surface area contributed by atoms with Crippen LogP contribution >= 0.6 is 11.6 Å². The summed E-state index contributed by atoms with van der Waals surface area (Å²) in [5.74, 6) is -0.429. The summed E-state index contributed by atoms with van der Waals surface area (Å²) < 4.78 is 6.30. The minimum absolute atomic E-state index is 0.353. The molecule has 5 heteroatoms. The molecular weight excluding hydrogens is 228 g/mol. The molecule has 2 rings (SSSR count). The molecule has 0 spiro atoms. The largest absolute Gasteiger partial charge is 0.466 e. The molecule has 0 atom stereocenters. The number of esters is 1. The molecule has 0 aliphatic heterocycles. The van der Waals surface area contributed by atoms with Gasteiger partial charge in [0.05, 0.1) is 12.8 Å². The van der Waals surface area contributed by atoms with Gasteiger partial charge in [-0.15, -0.1) is 0 Å². The molecule has 0 aliphatic rings. The Balaban J connectivity index is 2.47. The molecule has 0 bridgehead atoms. The van der Waals surface area contributed by atoms with Crippen LogP contribution < -0.4 is 0 Å². The minimum Gasteiger partial charge on any atom is -0.466 e. The number of carbonyl (C=O) groups is 1. The van der Waals surface area contributed by atoms with E-state index in [2.05, 4.69) is 9.72 Å². The van der Waals surface area contributed by atoms with Gasteiger partial charge < -0.3 is 4.74 Å². The van der Waals surface area contributed by atoms with E-state index in [0.717, 1.165) is 5.65 Å². The quantitative estimate of drug-likeness (QED) is 0.593. The van der Waals surface area contributed by atoms with Crippen LogP contribution in [0.5, 0.6) is 0 Å². The van der Waals surface area contributed by atoms with Gasteiger partial charge in [-0.2, -0.15) is 0 Å². The Hall–Kier alpha value is -1.81. The van der Waals surface area contributed by atoms with Crippen LogP contribution in [0.1, 0.15) is 5.69 Å². The first kappa shape index (κ1) is 10.7. The molecule has 0 aliphatic carbocycles. The van der Waals surface area contributed by atoms with Crippen molar-refractivity contribution in [3.8, 4) is 0 Å². The fourth-order valence-electron chi connectivity index (χ4n) is 1.35. The highest BCUT2D eigenvalue weighted by atomic mass is 35.5. The Bertz CT molecular complexity index is 560. The van der Waals surface area contributed by atoms with Gasteiger partial charge in [0, 0.05) is 12.3 Å². The van der Waals surface area contributed by atoms with E-state index in [1.165, 1.54) is 13.2 Å². The van der Waals surface area contributed by atoms with Crippen LogP contribution in [-0.2, 0) is 9.53 Å². The van der Waals surface area contributed by atoms with Gasteiger partial charge in [0.2, 0.25) is 0 Å². The number of pyridine rings is 1. The lowest BCUT2D eigenvalue weighted by Crippen LogP contribution is -1.94. The van der Waals surface area contributed by atoms with Crippen molar-refractivity contribution in [3.05, 3.63) is 41.3 Å². The zero-order chi connectivity index (χ0) is 11.5. The Kier molecular flexibility index (Phi) is 2.92. The summed E-state index contributed by atoms with van der Waals surface area (Å²) in [4.78, 5) is 15.1. The SMILES string of the molecule is COC(=O)/C=C/c1c(Cl)nc2ccccn12. The highest BCUT2D eigenvalue weighted by Gasteiger charge is 2.06. The molecular formula is C11H9ClN2O2. The van der Waals surface area contributed by atoms with Gasteiger partial charge in [-0.3, -0.25) is 4.40 Å². The van der Waals surface area contributed by atoms with E-state index in [-0.39, 0.29) is 0 Å². The topological polar surface area (TPSA) is 43.6 Å². The van der Waals surface area contributed by atoms with Crippen LogP contribution in [0, 0.1) is 0 Å². The Morgan fingerprint density at radius 1 is 1.56 bits per heavy atom. The van der Waals surface area contributed by atoms with Crippen molar-refractivity contribution in [3.63, 3.8) is 0 Å². The van der Waals surface area contributed by atoms with Gasteiger partial charge in [0.15, 0.2) is 5.15 Å². The second-order valence-electron chi connectivity index (χ2n) is 3.07. The number of ether oxygens (including phenoxy) is 1. The molecule has 0 saturated heterocycles. The average Bonchev–Trinajstić information content (AvgIpc) is 2.62. The number of rotatable bonds is 2. The summed E-state index contributed by atoms with van der Waals surface area (Å²) in [6.07, 6.45) is 4.71. The molecule has 2 aromatic heterocycles. The van der Waals surface area contributed by atoms with E-state index in [1.54, 1.807) is 10.5 Å². The third kappa shape index (κ3) is 1.92. The monoisotopic (exact) mass is 236 g/mol. The molecule has 82 valence electrons. The maximum atomic E-state index is 11.0. The molecule has 0 fully saturated rings. The maximum Gasteiger partial charge on any atom is 0.330 e. The first-order chi connectivity index (χ1) is 7.72. The summed E-state index contributed by atoms with van der Waals surface area (Å²) in [7, 11) is 1.32. The van der Waals surface area contributed by atoms with Gasteiger partial charge in [-0.1, -0.05) is 17.7 Å². The lowest BCUT2D eigenvalue weighted by atomic mass is 10.4. The number of hydrogen-bond donors (Lipinski definition) is 0. The van der Waals surface area contributed by atoms with E-state index in [9.17, 15) is 4.79 Å². The fourth-order valence-corrected chi connectivity index (χ4v) is 1.59. The number of aromatic nitrogens is 2. The van der Waals surface area contributed by atoms with Crippen molar-refractivity contribution in [2.45, 2.75) is 0 Å². The van der Waals surface area contributed by atoms with Crippen molar-refractivity contribution < 1.29 is 9.53 Å². The smallest absolute Gasteiger partial charge is 0.330 e. The Morgan fingerprint density at radius 3 is 3.12 bits per heavy atom. The highest BCUT2D eigenvalue weighted by molar-refractivity contribution is 6.31. The number of halogens is 1. The standard InChI is InChI=1S/C11H9ClN2O2/c1-16-10(15)6-5-8-11(12)13-9-4-2-3-7-14(8)9/h2-7H,1H3/b6-5+. The van der Waals surface area contributed by atoms with Gasteiger partial charge >= 0.3 is 5.97 Å². The van der Waals surface area contributed by atoms with Crippen LogP contribution in [0.3, 0.4) is 0 Å². The van der Waals surface area contributed by atoms with Gasteiger partial charge in [-0.05, 0) is 18.2 Å². The van der Waals surface area contributed by atoms with E-state index in [0.29, 0.717) is 10.8 Å². The highest BCUT2D eigenvalue weighted by Crippen LogP contribution is 2.18. The summed E-state index contributed by atoms with van der Waals surface area (Å²) in [5, 5.41) is 0.353. The van der Waals surface area contributed by atoms with E-state index in [4.69, 9.17) is 11.6 Å². The second-order valence-corrected chi connectivity index (χ2v) is 3.43. The molecule has 2 heterocycles. The van der Waals surface area contributed by atoms with Crippen LogP contribution in [-0.4, -0.2) is 22.5 Å². The van der Waals surface area contributed by atoms with Crippen LogP contribution in [0.4, 0.5) is 0 Å². The summed E-state index contributed by atoms with van der Waals surface area (Å²) in [6, 6.07) is 5.56. The van der Waals surface area contributed by atoms with Crippen LogP contribution in [0.25, 0.3) is 11.7 Å². The van der Waals surface area contributed by atoms with E-state index >= 15 is 0 Å². The zero-order valence-corrected chi connectivity index (χ0v) is 9.31. The molecule has 0 amide bonds. The van der Waals surface area contributed by atoms with Crippen molar-refractivity contribution >= 4 is 29.3 Å². The normalized spacial score (nSPS) is 11.1. The predicted octanol–water partition coefficient (Wildman–Crippen LogP) is 2.17. The zero-order valence-electron chi connectivity index (χ0n) is 8.55. The molecule has 0 N–H and O–H groups in total. The Labute approximate surface area is 97.1 Å². The molecule has 4 nitrogen and oxygen atoms in total. The van der Waals surface area contributed by atoms with Gasteiger partial charge in [0.1, 0.15) is 5.65 Å². The average molecular weight is 237 g/mol. The lowest BCUT2D eigenvalue weighted by Gasteiger charge is -1.95. The number of carbonyl (C=O) groups excluding carboxylic acids is 1. The molecule has 0 aromatic carbocycles. The second kappa shape index (κ2) is 4.37. The van der Waals surface area contributed by atoms with Crippen LogP contribution in [0.2, 0.25) is 5.15 Å². The molecule has 16 heavy (non-hydrogen) atoms. The van der Waals surface area contributed by atoms with Gasteiger partial charge in [-0.25, -0.2) is 9.78 Å². The Morgan fingerprint density at radius 2 is 2.38 bits per heavy atom. The third-order valence-electron chi connectivity index (χ3n) is 2.10. The minimum atomic E-state index is -0.429. The fraction of sp³-hybridized carbons (Fsp3) is 0.0909. The summed E-state index contributed by atoms with van der Waals surface area (Å²) in [5.41, 5.74) is 1.39. The number of methoxy groups -OCH3 is 1. The molecule has 0 unspecified atom stereocenters. The van der Waals surface area contributed by atoms with E-state index in [1.807, 2.05) is 24.4 Å².